The topological polar surface area (TPSA) is 50.3 Å². The van der Waals surface area contributed by atoms with Gasteiger partial charge >= 0.3 is 0 Å². The van der Waals surface area contributed by atoms with Crippen molar-refractivity contribution in [2.75, 3.05) is 36.5 Å². The van der Waals surface area contributed by atoms with Crippen LogP contribution in [-0.4, -0.2) is 42.3 Å². The van der Waals surface area contributed by atoms with Crippen LogP contribution in [0.4, 0.5) is 11.8 Å². The molecule has 5 nitrogen and oxygen atoms in total. The monoisotopic (exact) mass is 304 g/mol. The second-order valence-electron chi connectivity index (χ2n) is 7.31. The minimum Gasteiger partial charge on any atom is -0.381 e. The Bertz CT molecular complexity index is 483. The van der Waals surface area contributed by atoms with Crippen molar-refractivity contribution in [1.82, 2.24) is 9.97 Å². The van der Waals surface area contributed by atoms with Crippen LogP contribution in [0.1, 0.15) is 46.0 Å². The number of aromatic nitrogens is 2. The Balaban J connectivity index is 1.66. The van der Waals surface area contributed by atoms with Crippen LogP contribution in [0.15, 0.2) is 12.3 Å². The lowest BCUT2D eigenvalue weighted by Crippen LogP contribution is -2.40. The fraction of sp³-hybridized carbons (Fsp3) is 0.765. The maximum atomic E-state index is 5.52. The molecule has 5 heteroatoms. The SMILES string of the molecule is CC1(C)CCCN(c2ccnc(N[C@H]3CCCOCC3)n2)C1. The average Bonchev–Trinajstić information content (AvgIpc) is 2.75. The number of anilines is 2. The third-order valence-corrected chi connectivity index (χ3v) is 4.65. The molecule has 1 aromatic heterocycles. The fourth-order valence-corrected chi connectivity index (χ4v) is 3.44. The second kappa shape index (κ2) is 6.82. The lowest BCUT2D eigenvalue weighted by molar-refractivity contribution is 0.144. The summed E-state index contributed by atoms with van der Waals surface area (Å²) in [5, 5.41) is 3.49. The molecule has 2 saturated heterocycles. The van der Waals surface area contributed by atoms with Gasteiger partial charge < -0.3 is 15.0 Å². The highest BCUT2D eigenvalue weighted by atomic mass is 16.5. The largest absolute Gasteiger partial charge is 0.381 e. The van der Waals surface area contributed by atoms with Gasteiger partial charge in [-0.25, -0.2) is 4.98 Å². The van der Waals surface area contributed by atoms with Crippen molar-refractivity contribution in [1.29, 1.82) is 0 Å². The van der Waals surface area contributed by atoms with Crippen LogP contribution in [0, 0.1) is 5.41 Å². The normalized spacial score (nSPS) is 25.5. The Kier molecular flexibility index (Phi) is 4.81. The Morgan fingerprint density at radius 3 is 3.05 bits per heavy atom. The fourth-order valence-electron chi connectivity index (χ4n) is 3.44. The van der Waals surface area contributed by atoms with E-state index in [2.05, 4.69) is 29.0 Å². The lowest BCUT2D eigenvalue weighted by Gasteiger charge is -2.38. The molecule has 0 radical (unpaired) electrons. The molecule has 3 rings (SSSR count). The van der Waals surface area contributed by atoms with Crippen LogP contribution in [0.5, 0.6) is 0 Å². The van der Waals surface area contributed by atoms with Gasteiger partial charge in [-0.05, 0) is 43.6 Å². The number of nitrogens with one attached hydrogen (secondary N) is 1. The maximum Gasteiger partial charge on any atom is 0.224 e. The van der Waals surface area contributed by atoms with Crippen molar-refractivity contribution >= 4 is 11.8 Å². The Morgan fingerprint density at radius 2 is 2.18 bits per heavy atom. The van der Waals surface area contributed by atoms with Gasteiger partial charge in [-0.3, -0.25) is 0 Å². The summed E-state index contributed by atoms with van der Waals surface area (Å²) in [6.45, 7) is 8.55. The molecule has 0 aromatic carbocycles. The molecule has 2 aliphatic rings. The molecule has 1 aromatic rings. The first-order valence-electron chi connectivity index (χ1n) is 8.55. The predicted molar refractivity (Wildman–Crippen MR) is 89.3 cm³/mol. The van der Waals surface area contributed by atoms with Crippen LogP contribution in [-0.2, 0) is 4.74 Å². The summed E-state index contributed by atoms with van der Waals surface area (Å²) in [4.78, 5) is 11.6. The Hall–Kier alpha value is -1.36. The molecule has 2 fully saturated rings. The number of rotatable bonds is 3. The van der Waals surface area contributed by atoms with Crippen LogP contribution in [0.2, 0.25) is 0 Å². The van der Waals surface area contributed by atoms with E-state index in [9.17, 15) is 0 Å². The minimum absolute atomic E-state index is 0.370. The summed E-state index contributed by atoms with van der Waals surface area (Å²) in [6, 6.07) is 2.46. The molecule has 0 aliphatic carbocycles. The molecule has 0 unspecified atom stereocenters. The zero-order valence-electron chi connectivity index (χ0n) is 13.8. The molecule has 0 saturated carbocycles. The smallest absolute Gasteiger partial charge is 0.224 e. The van der Waals surface area contributed by atoms with Crippen LogP contribution < -0.4 is 10.2 Å². The van der Waals surface area contributed by atoms with E-state index in [1.807, 2.05) is 12.3 Å². The van der Waals surface area contributed by atoms with Crippen LogP contribution in [0.3, 0.4) is 0 Å². The molecule has 1 atom stereocenters. The second-order valence-corrected chi connectivity index (χ2v) is 7.31. The van der Waals surface area contributed by atoms with Crippen molar-refractivity contribution < 1.29 is 4.74 Å². The third-order valence-electron chi connectivity index (χ3n) is 4.65. The molecule has 2 aliphatic heterocycles. The summed E-state index contributed by atoms with van der Waals surface area (Å²) in [6.07, 6.45) is 7.67. The van der Waals surface area contributed by atoms with E-state index in [0.717, 1.165) is 57.3 Å². The van der Waals surface area contributed by atoms with Gasteiger partial charge in [-0.1, -0.05) is 13.8 Å². The van der Waals surface area contributed by atoms with E-state index in [1.165, 1.54) is 12.8 Å². The zero-order chi connectivity index (χ0) is 15.4. The highest BCUT2D eigenvalue weighted by Crippen LogP contribution is 2.30. The summed E-state index contributed by atoms with van der Waals surface area (Å²) >= 11 is 0. The van der Waals surface area contributed by atoms with E-state index in [0.29, 0.717) is 11.5 Å². The molecule has 22 heavy (non-hydrogen) atoms. The van der Waals surface area contributed by atoms with E-state index < -0.39 is 0 Å². The lowest BCUT2D eigenvalue weighted by atomic mass is 9.84. The first-order valence-corrected chi connectivity index (χ1v) is 8.55. The molecule has 122 valence electrons. The first-order chi connectivity index (χ1) is 10.6. The summed E-state index contributed by atoms with van der Waals surface area (Å²) < 4.78 is 5.52. The predicted octanol–water partition coefficient (Wildman–Crippen LogP) is 3.08. The van der Waals surface area contributed by atoms with Gasteiger partial charge in [0.05, 0.1) is 0 Å². The number of piperidine rings is 1. The van der Waals surface area contributed by atoms with Crippen molar-refractivity contribution in [3.05, 3.63) is 12.3 Å². The molecule has 0 bridgehead atoms. The number of ether oxygens (including phenoxy) is 1. The van der Waals surface area contributed by atoms with Crippen molar-refractivity contribution in [2.24, 2.45) is 5.41 Å². The average molecular weight is 304 g/mol. The molecular weight excluding hydrogens is 276 g/mol. The van der Waals surface area contributed by atoms with Gasteiger partial charge in [-0.2, -0.15) is 4.98 Å². The van der Waals surface area contributed by atoms with E-state index >= 15 is 0 Å². The van der Waals surface area contributed by atoms with Crippen LogP contribution >= 0.6 is 0 Å². The molecule has 3 heterocycles. The third kappa shape index (κ3) is 4.09. The van der Waals surface area contributed by atoms with Gasteiger partial charge in [0, 0.05) is 38.5 Å². The van der Waals surface area contributed by atoms with Crippen LogP contribution in [0.25, 0.3) is 0 Å². The highest BCUT2D eigenvalue weighted by Gasteiger charge is 2.27. The van der Waals surface area contributed by atoms with E-state index in [1.54, 1.807) is 0 Å². The zero-order valence-corrected chi connectivity index (χ0v) is 13.8. The molecule has 0 spiro atoms. The van der Waals surface area contributed by atoms with Gasteiger partial charge in [0.2, 0.25) is 5.95 Å². The van der Waals surface area contributed by atoms with E-state index in [4.69, 9.17) is 9.72 Å². The van der Waals surface area contributed by atoms with Crippen molar-refractivity contribution in [3.63, 3.8) is 0 Å². The summed E-state index contributed by atoms with van der Waals surface area (Å²) in [5.74, 6) is 1.81. The van der Waals surface area contributed by atoms with E-state index in [-0.39, 0.29) is 0 Å². The minimum atomic E-state index is 0.370. The number of hydrogen-bond donors (Lipinski definition) is 1. The van der Waals surface area contributed by atoms with Gasteiger partial charge in [-0.15, -0.1) is 0 Å². The summed E-state index contributed by atoms with van der Waals surface area (Å²) in [7, 11) is 0. The van der Waals surface area contributed by atoms with Crippen molar-refractivity contribution in [2.45, 2.75) is 52.0 Å². The molecular formula is C17H28N4O. The first kappa shape index (κ1) is 15.5. The Labute approximate surface area is 133 Å². The highest BCUT2D eigenvalue weighted by molar-refractivity contribution is 5.43. The van der Waals surface area contributed by atoms with Gasteiger partial charge in [0.15, 0.2) is 0 Å². The quantitative estimate of drug-likeness (QED) is 0.930. The van der Waals surface area contributed by atoms with Gasteiger partial charge in [0.25, 0.3) is 0 Å². The maximum absolute atomic E-state index is 5.52. The summed E-state index contributed by atoms with van der Waals surface area (Å²) in [5.41, 5.74) is 0.370. The van der Waals surface area contributed by atoms with Crippen molar-refractivity contribution in [3.8, 4) is 0 Å². The number of hydrogen-bond acceptors (Lipinski definition) is 5. The molecule has 1 N–H and O–H groups in total. The number of nitrogens with zero attached hydrogens (tertiary/aromatic N) is 3. The Morgan fingerprint density at radius 1 is 1.27 bits per heavy atom. The standard InChI is InChI=1S/C17H28N4O/c1-17(2)8-4-10-21(13-17)15-6-9-18-16(20-15)19-14-5-3-11-22-12-7-14/h6,9,14H,3-5,7-8,10-13H2,1-2H3,(H,18,19,20)/t14-/m0/s1. The van der Waals surface area contributed by atoms with Gasteiger partial charge in [0.1, 0.15) is 5.82 Å². The molecule has 0 amide bonds.